The Balaban J connectivity index is 1.47. The molecule has 0 saturated carbocycles. The number of nitrogens with zero attached hydrogens (tertiary/aromatic N) is 4. The van der Waals surface area contributed by atoms with E-state index in [1.54, 1.807) is 23.2 Å². The normalized spacial score (nSPS) is 15.8. The highest BCUT2D eigenvalue weighted by atomic mass is 16.6. The number of pyridine rings is 1. The fraction of sp³-hybridized carbons (Fsp3) is 0.185. The molecule has 2 unspecified atom stereocenters. The van der Waals surface area contributed by atoms with Gasteiger partial charge in [-0.1, -0.05) is 36.4 Å². The van der Waals surface area contributed by atoms with Crippen LogP contribution < -0.4 is 5.32 Å². The minimum Gasteiger partial charge on any atom is -0.371 e. The molecule has 0 fully saturated rings. The van der Waals surface area contributed by atoms with Crippen LogP contribution in [0.3, 0.4) is 0 Å². The molecule has 0 aliphatic carbocycles. The summed E-state index contributed by atoms with van der Waals surface area (Å²) in [6.07, 6.45) is 3.70. The van der Waals surface area contributed by atoms with E-state index in [9.17, 15) is 14.9 Å². The Morgan fingerprint density at radius 3 is 2.60 bits per heavy atom. The maximum atomic E-state index is 13.7. The summed E-state index contributed by atoms with van der Waals surface area (Å²) in [5, 5.41) is 15.1. The largest absolute Gasteiger partial charge is 0.371 e. The summed E-state index contributed by atoms with van der Waals surface area (Å²) in [6.45, 7) is 3.06. The molecular weight excluding hydrogens is 442 g/mol. The monoisotopic (exact) mass is 467 g/mol. The van der Waals surface area contributed by atoms with Gasteiger partial charge in [-0.05, 0) is 48.9 Å². The molecule has 1 amide bonds. The molecule has 0 bridgehead atoms. The lowest BCUT2D eigenvalue weighted by Gasteiger charge is -2.37. The molecule has 8 heteroatoms. The number of nitro benzene ring substituents is 1. The van der Waals surface area contributed by atoms with E-state index in [1.165, 1.54) is 6.07 Å². The van der Waals surface area contributed by atoms with Crippen molar-refractivity contribution in [3.63, 3.8) is 0 Å². The van der Waals surface area contributed by atoms with Gasteiger partial charge < -0.3 is 14.8 Å². The van der Waals surface area contributed by atoms with Crippen molar-refractivity contribution in [1.29, 1.82) is 0 Å². The Bertz CT molecular complexity index is 1350. The van der Waals surface area contributed by atoms with Crippen molar-refractivity contribution in [1.82, 2.24) is 14.5 Å². The average molecular weight is 468 g/mol. The molecule has 1 aliphatic heterocycles. The number of nitro groups is 1. The van der Waals surface area contributed by atoms with Crippen LogP contribution in [0.15, 0.2) is 91.3 Å². The van der Waals surface area contributed by atoms with Crippen molar-refractivity contribution in [3.8, 4) is 0 Å². The number of anilines is 1. The highest BCUT2D eigenvalue weighted by molar-refractivity contribution is 5.96. The number of rotatable bonds is 6. The first-order valence-electron chi connectivity index (χ1n) is 11.5. The first-order valence-corrected chi connectivity index (χ1v) is 11.5. The fourth-order valence-corrected chi connectivity index (χ4v) is 4.63. The zero-order valence-electron chi connectivity index (χ0n) is 19.2. The molecule has 3 heterocycles. The Morgan fingerprint density at radius 2 is 1.86 bits per heavy atom. The summed E-state index contributed by atoms with van der Waals surface area (Å²) in [7, 11) is 0. The third-order valence-corrected chi connectivity index (χ3v) is 6.36. The summed E-state index contributed by atoms with van der Waals surface area (Å²) in [5.41, 5.74) is 3.27. The lowest BCUT2D eigenvalue weighted by atomic mass is 9.98. The number of nitrogens with one attached hydrogen (secondary N) is 1. The number of hydrogen-bond donors (Lipinski definition) is 1. The minimum absolute atomic E-state index is 0.143. The molecular formula is C27H25N5O3. The summed E-state index contributed by atoms with van der Waals surface area (Å²) in [6, 6.07) is 23.5. The van der Waals surface area contributed by atoms with Gasteiger partial charge in [0.1, 0.15) is 5.69 Å². The van der Waals surface area contributed by atoms with Crippen LogP contribution in [0.4, 0.5) is 11.4 Å². The zero-order chi connectivity index (χ0) is 24.4. The fourth-order valence-electron chi connectivity index (χ4n) is 4.63. The second-order valence-electron chi connectivity index (χ2n) is 8.55. The molecule has 2 atom stereocenters. The molecule has 5 rings (SSSR count). The van der Waals surface area contributed by atoms with Crippen LogP contribution in [0, 0.1) is 10.1 Å². The van der Waals surface area contributed by atoms with Gasteiger partial charge in [0.2, 0.25) is 0 Å². The predicted octanol–water partition coefficient (Wildman–Crippen LogP) is 5.21. The first kappa shape index (κ1) is 22.3. The number of fused-ring (bicyclic) bond motifs is 1. The van der Waals surface area contributed by atoms with E-state index >= 15 is 0 Å². The third kappa shape index (κ3) is 4.38. The van der Waals surface area contributed by atoms with E-state index in [0.29, 0.717) is 18.8 Å². The number of carbonyl (C=O) groups is 1. The van der Waals surface area contributed by atoms with Gasteiger partial charge >= 0.3 is 0 Å². The molecule has 8 nitrogen and oxygen atoms in total. The molecule has 0 radical (unpaired) electrons. The highest BCUT2D eigenvalue weighted by Crippen LogP contribution is 2.35. The van der Waals surface area contributed by atoms with E-state index < -0.39 is 4.92 Å². The van der Waals surface area contributed by atoms with Crippen LogP contribution in [-0.4, -0.2) is 31.8 Å². The average Bonchev–Trinajstić information content (AvgIpc) is 3.38. The zero-order valence-corrected chi connectivity index (χ0v) is 19.2. The van der Waals surface area contributed by atoms with Crippen LogP contribution in [-0.2, 0) is 6.54 Å². The lowest BCUT2D eigenvalue weighted by molar-refractivity contribution is -0.384. The van der Waals surface area contributed by atoms with Gasteiger partial charge in [0.15, 0.2) is 0 Å². The van der Waals surface area contributed by atoms with Crippen LogP contribution in [0.5, 0.6) is 0 Å². The Morgan fingerprint density at radius 1 is 1.06 bits per heavy atom. The van der Waals surface area contributed by atoms with E-state index in [-0.39, 0.29) is 29.2 Å². The van der Waals surface area contributed by atoms with E-state index in [2.05, 4.69) is 14.9 Å². The Hall–Kier alpha value is -4.46. The van der Waals surface area contributed by atoms with Crippen molar-refractivity contribution < 1.29 is 9.72 Å². The summed E-state index contributed by atoms with van der Waals surface area (Å²) in [4.78, 5) is 31.3. The third-order valence-electron chi connectivity index (χ3n) is 6.36. The van der Waals surface area contributed by atoms with Gasteiger partial charge in [-0.3, -0.25) is 19.9 Å². The summed E-state index contributed by atoms with van der Waals surface area (Å²) >= 11 is 0. The second kappa shape index (κ2) is 9.42. The van der Waals surface area contributed by atoms with Gasteiger partial charge in [0.25, 0.3) is 11.6 Å². The molecule has 1 N–H and O–H groups in total. The molecule has 176 valence electrons. The van der Waals surface area contributed by atoms with Gasteiger partial charge in [-0.25, -0.2) is 0 Å². The Kier molecular flexibility index (Phi) is 6.01. The molecule has 0 saturated heterocycles. The predicted molar refractivity (Wildman–Crippen MR) is 133 cm³/mol. The topological polar surface area (TPSA) is 93.3 Å². The molecule has 2 aromatic heterocycles. The number of benzene rings is 2. The molecule has 4 aromatic rings. The van der Waals surface area contributed by atoms with Crippen LogP contribution >= 0.6 is 0 Å². The molecule has 0 spiro atoms. The van der Waals surface area contributed by atoms with Crippen LogP contribution in [0.25, 0.3) is 0 Å². The second-order valence-corrected chi connectivity index (χ2v) is 8.55. The quantitative estimate of drug-likeness (QED) is 0.310. The minimum atomic E-state index is -0.458. The lowest BCUT2D eigenvalue weighted by Crippen LogP contribution is -2.42. The molecule has 2 aromatic carbocycles. The van der Waals surface area contributed by atoms with E-state index in [4.69, 9.17) is 0 Å². The molecule has 35 heavy (non-hydrogen) atoms. The number of hydrogen-bond acceptors (Lipinski definition) is 5. The van der Waals surface area contributed by atoms with Crippen molar-refractivity contribution in [2.45, 2.75) is 25.6 Å². The first-order chi connectivity index (χ1) is 17.0. The van der Waals surface area contributed by atoms with Gasteiger partial charge in [-0.2, -0.15) is 0 Å². The maximum Gasteiger partial charge on any atom is 0.293 e. The van der Waals surface area contributed by atoms with E-state index in [0.717, 1.165) is 17.0 Å². The number of amides is 1. The molecule has 1 aliphatic rings. The van der Waals surface area contributed by atoms with Gasteiger partial charge in [0, 0.05) is 42.8 Å². The SMILES string of the molecule is CC(Nc1ccc(C(=O)N2CCn3cccc3C2c2ccccc2)cc1[N+](=O)[O-])c1ccccn1. The standard InChI is InChI=1S/C27H25N5O3/c1-19(22-10-5-6-14-28-22)29-23-13-12-21(18-25(23)32(34)35)27(33)31-17-16-30-15-7-11-24(30)26(31)20-8-3-2-4-9-20/h2-15,18-19,26,29H,16-17H2,1H3. The van der Waals surface area contributed by atoms with Crippen molar-refractivity contribution >= 4 is 17.3 Å². The maximum absolute atomic E-state index is 13.7. The highest BCUT2D eigenvalue weighted by Gasteiger charge is 2.33. The Labute approximate surface area is 203 Å². The number of aromatic nitrogens is 2. The van der Waals surface area contributed by atoms with Crippen molar-refractivity contribution in [2.75, 3.05) is 11.9 Å². The van der Waals surface area contributed by atoms with E-state index in [1.807, 2.05) is 73.8 Å². The van der Waals surface area contributed by atoms with Gasteiger partial charge in [0.05, 0.1) is 22.7 Å². The number of carbonyl (C=O) groups excluding carboxylic acids is 1. The van der Waals surface area contributed by atoms with Crippen LogP contribution in [0.2, 0.25) is 0 Å². The summed E-state index contributed by atoms with van der Waals surface area (Å²) in [5.74, 6) is -0.237. The summed E-state index contributed by atoms with van der Waals surface area (Å²) < 4.78 is 2.15. The van der Waals surface area contributed by atoms with Crippen LogP contribution in [0.1, 0.15) is 46.3 Å². The van der Waals surface area contributed by atoms with Gasteiger partial charge in [-0.15, -0.1) is 0 Å². The smallest absolute Gasteiger partial charge is 0.293 e. The van der Waals surface area contributed by atoms with Crippen molar-refractivity contribution in [3.05, 3.63) is 124 Å². The van der Waals surface area contributed by atoms with Crippen molar-refractivity contribution in [2.24, 2.45) is 0 Å².